The topological polar surface area (TPSA) is 115 Å². The van der Waals surface area contributed by atoms with E-state index in [0.717, 1.165) is 34.7 Å². The van der Waals surface area contributed by atoms with E-state index in [0.29, 0.717) is 24.8 Å². The zero-order valence-corrected chi connectivity index (χ0v) is 21.9. The van der Waals surface area contributed by atoms with Gasteiger partial charge in [-0.05, 0) is 0 Å². The third kappa shape index (κ3) is 5.99. The van der Waals surface area contributed by atoms with E-state index in [4.69, 9.17) is 10.5 Å². The van der Waals surface area contributed by atoms with Gasteiger partial charge in [-0.25, -0.2) is 0 Å². The maximum absolute atomic E-state index is 12.7. The van der Waals surface area contributed by atoms with E-state index in [9.17, 15) is 4.79 Å². The van der Waals surface area contributed by atoms with E-state index in [2.05, 4.69) is 48.8 Å². The van der Waals surface area contributed by atoms with Gasteiger partial charge in [-0.3, -0.25) is 0 Å². The van der Waals surface area contributed by atoms with E-state index in [1.165, 1.54) is 20.2 Å². The van der Waals surface area contributed by atoms with E-state index in [1.807, 2.05) is 12.1 Å². The Kier molecular flexibility index (Phi) is 8.25. The molecule has 2 aromatic heterocycles. The van der Waals surface area contributed by atoms with Gasteiger partial charge in [-0.2, -0.15) is 0 Å². The summed E-state index contributed by atoms with van der Waals surface area (Å²) in [5.41, 5.74) is 10.5. The molecule has 2 aromatic rings. The van der Waals surface area contributed by atoms with Crippen LogP contribution in [0.15, 0.2) is 62.6 Å². The number of anilines is 1. The van der Waals surface area contributed by atoms with Crippen molar-refractivity contribution in [3.05, 3.63) is 78.6 Å². The first kappa shape index (κ1) is 24.3. The molecule has 0 spiro atoms. The second-order valence-electron chi connectivity index (χ2n) is 7.55. The van der Waals surface area contributed by atoms with E-state index >= 15 is 0 Å². The Hall–Kier alpha value is -2.83. The van der Waals surface area contributed by atoms with E-state index in [-0.39, 0.29) is 5.91 Å². The molecule has 0 fully saturated rings. The Morgan fingerprint density at radius 3 is 3.09 bits per heavy atom. The molecule has 1 amide bonds. The van der Waals surface area contributed by atoms with Gasteiger partial charge in [-0.1, -0.05) is 0 Å². The molecule has 0 atom stereocenters. The number of fused-ring (bicyclic) bond motifs is 1. The van der Waals surface area contributed by atoms with E-state index < -0.39 is 21.2 Å². The van der Waals surface area contributed by atoms with Crippen molar-refractivity contribution in [2.75, 3.05) is 25.5 Å². The quantitative estimate of drug-likeness (QED) is 0.315. The molecule has 0 saturated carbocycles. The van der Waals surface area contributed by atoms with Crippen LogP contribution < -0.4 is 37.6 Å². The number of thiophene rings is 1. The summed E-state index contributed by atoms with van der Waals surface area (Å²) < 4.78 is 8.92. The summed E-state index contributed by atoms with van der Waals surface area (Å²) in [6.45, 7) is 3.89. The van der Waals surface area contributed by atoms with E-state index in [1.54, 1.807) is 30.8 Å². The number of allylic oxidation sites excluding steroid dienone is 3. The van der Waals surface area contributed by atoms with Crippen LogP contribution in [0.3, 0.4) is 0 Å². The number of aliphatic imine (C=N–C) groups is 1. The zero-order valence-electron chi connectivity index (χ0n) is 19.0. The van der Waals surface area contributed by atoms with Crippen molar-refractivity contribution in [1.82, 2.24) is 15.3 Å². The van der Waals surface area contributed by atoms with Crippen LogP contribution in [0.25, 0.3) is 3.58 Å². The van der Waals surface area contributed by atoms with Gasteiger partial charge in [0.15, 0.2) is 0 Å². The van der Waals surface area contributed by atoms with Gasteiger partial charge < -0.3 is 0 Å². The van der Waals surface area contributed by atoms with Gasteiger partial charge >= 0.3 is 214 Å². The first-order chi connectivity index (χ1) is 16.6. The molecule has 0 unspecified atom stereocenters. The molecule has 10 heteroatoms. The molecule has 0 saturated heterocycles. The number of amides is 1. The SMILES string of the molecule is CN=CC(=CN)Nc1nccc(C2=CC=C(CNC(=O)c3cc4c(s3)CCOC4)C(C)=C[I-]2)n1. The number of halogens is 1. The number of carbonyl (C=O) groups excluding carboxylic acids is 1. The van der Waals surface area contributed by atoms with Crippen LogP contribution in [0.2, 0.25) is 0 Å². The van der Waals surface area contributed by atoms with Gasteiger partial charge in [0.1, 0.15) is 0 Å². The molecule has 0 bridgehead atoms. The summed E-state index contributed by atoms with van der Waals surface area (Å²) in [5, 5.41) is 6.15. The molecule has 4 N–H and O–H groups in total. The molecule has 4 rings (SSSR count). The fraction of sp³-hybridized carbons (Fsp3) is 0.250. The van der Waals surface area contributed by atoms with Gasteiger partial charge in [-0.15, -0.1) is 0 Å². The summed E-state index contributed by atoms with van der Waals surface area (Å²) in [7, 11) is 1.67. The fourth-order valence-electron chi connectivity index (χ4n) is 3.35. The van der Waals surface area contributed by atoms with Crippen molar-refractivity contribution in [1.29, 1.82) is 0 Å². The number of nitrogens with one attached hydrogen (secondary N) is 2. The van der Waals surface area contributed by atoms with Gasteiger partial charge in [0, 0.05) is 0 Å². The third-order valence-corrected chi connectivity index (χ3v) is 9.23. The number of hydrogen-bond acceptors (Lipinski definition) is 8. The summed E-state index contributed by atoms with van der Waals surface area (Å²) in [6.07, 6.45) is 9.82. The van der Waals surface area contributed by atoms with Crippen LogP contribution in [-0.4, -0.2) is 42.3 Å². The molecule has 178 valence electrons. The molecule has 2 aliphatic heterocycles. The summed E-state index contributed by atoms with van der Waals surface area (Å²) in [6, 6.07) is 3.86. The Bertz CT molecular complexity index is 1200. The average Bonchev–Trinajstić information content (AvgIpc) is 3.21. The molecule has 0 aliphatic carbocycles. The van der Waals surface area contributed by atoms with Crippen LogP contribution in [-0.2, 0) is 17.8 Å². The number of aromatic nitrogens is 2. The first-order valence-corrected chi connectivity index (χ1v) is 13.8. The second kappa shape index (κ2) is 11.5. The Morgan fingerprint density at radius 1 is 1.41 bits per heavy atom. The number of carbonyl (C=O) groups is 1. The molecular formula is C24H26IN6O2S-. The molecule has 34 heavy (non-hydrogen) atoms. The average molecular weight is 589 g/mol. The van der Waals surface area contributed by atoms with Gasteiger partial charge in [0.2, 0.25) is 0 Å². The Labute approximate surface area is 213 Å². The van der Waals surface area contributed by atoms with Crippen molar-refractivity contribution in [2.24, 2.45) is 10.7 Å². The number of hydrogen-bond donors (Lipinski definition) is 3. The number of nitrogens with zero attached hydrogens (tertiary/aromatic N) is 3. The number of ether oxygens (including phenoxy) is 1. The van der Waals surface area contributed by atoms with Crippen LogP contribution in [0, 0.1) is 0 Å². The minimum absolute atomic E-state index is 0.0397. The molecule has 4 heterocycles. The van der Waals surface area contributed by atoms with Crippen molar-refractivity contribution in [3.63, 3.8) is 0 Å². The molecular weight excluding hydrogens is 563 g/mol. The molecule has 8 nitrogen and oxygen atoms in total. The van der Waals surface area contributed by atoms with Crippen molar-refractivity contribution in [2.45, 2.75) is 20.0 Å². The van der Waals surface area contributed by atoms with Crippen molar-refractivity contribution >= 4 is 33.0 Å². The zero-order chi connectivity index (χ0) is 23.9. The third-order valence-electron chi connectivity index (χ3n) is 5.17. The first-order valence-electron chi connectivity index (χ1n) is 10.7. The minimum atomic E-state index is -0.401. The van der Waals surface area contributed by atoms with Crippen LogP contribution in [0.5, 0.6) is 0 Å². The maximum atomic E-state index is 12.7. The Morgan fingerprint density at radius 2 is 2.29 bits per heavy atom. The predicted molar refractivity (Wildman–Crippen MR) is 132 cm³/mol. The normalized spacial score (nSPS) is 16.5. The summed E-state index contributed by atoms with van der Waals surface area (Å²) in [4.78, 5) is 27.6. The van der Waals surface area contributed by atoms with Crippen LogP contribution in [0.4, 0.5) is 5.95 Å². The number of nitrogens with two attached hydrogens (primary N) is 1. The van der Waals surface area contributed by atoms with Gasteiger partial charge in [0.25, 0.3) is 0 Å². The molecule has 2 aliphatic rings. The van der Waals surface area contributed by atoms with Crippen molar-refractivity contribution < 1.29 is 30.7 Å². The monoisotopic (exact) mass is 589 g/mol. The van der Waals surface area contributed by atoms with Gasteiger partial charge in [0.05, 0.1) is 0 Å². The van der Waals surface area contributed by atoms with Crippen LogP contribution >= 0.6 is 11.3 Å². The summed E-state index contributed by atoms with van der Waals surface area (Å²) in [5.74, 6) is 0.423. The standard InChI is InChI=1S/C24H26IN6O2S/c1-15-10-25-19(20-5-7-28-24(31-20)30-18(11-26)13-27-2)4-3-16(15)12-29-23(32)22-9-17-14-33-8-6-21(17)34-22/h3-5,7,9-11,13H,6,8,12,14,26H2,1-2H3,(H,29,32)(H,28,30,31)/q-1. The fourth-order valence-corrected chi connectivity index (χ4v) is 6.63. The Balaban J connectivity index is 1.45. The van der Waals surface area contributed by atoms with Crippen LogP contribution in [0.1, 0.15) is 32.7 Å². The second-order valence-corrected chi connectivity index (χ2v) is 11.1. The van der Waals surface area contributed by atoms with Crippen molar-refractivity contribution in [3.8, 4) is 0 Å². The summed E-state index contributed by atoms with van der Waals surface area (Å²) >= 11 is 1.17. The predicted octanol–water partition coefficient (Wildman–Crippen LogP) is 0.227. The number of rotatable bonds is 7. The molecule has 0 radical (unpaired) electrons. The molecule has 0 aromatic carbocycles.